The van der Waals surface area contributed by atoms with Crippen molar-refractivity contribution in [3.63, 3.8) is 0 Å². The Morgan fingerprint density at radius 2 is 1.48 bits per heavy atom. The van der Waals surface area contributed by atoms with Gasteiger partial charge in [-0.2, -0.15) is 0 Å². The van der Waals surface area contributed by atoms with Gasteiger partial charge in [-0.15, -0.1) is 0 Å². The molecule has 0 saturated heterocycles. The van der Waals surface area contributed by atoms with E-state index in [4.69, 9.17) is 0 Å². The topological polar surface area (TPSA) is 14.0 Å². The maximum absolute atomic E-state index is 13.4. The lowest BCUT2D eigenvalue weighted by Gasteiger charge is -2.07. The summed E-state index contributed by atoms with van der Waals surface area (Å²) in [4.78, 5) is 0. The number of hydrogen-bond donors (Lipinski definition) is 0. The minimum atomic E-state index is -0.235. The van der Waals surface area contributed by atoms with Crippen LogP contribution in [0.3, 0.4) is 0 Å². The third-order valence-corrected chi connectivity index (χ3v) is 6.08. The number of para-hydroxylation sites is 1. The molecule has 0 saturated carbocycles. The van der Waals surface area contributed by atoms with Gasteiger partial charge >= 0.3 is 0 Å². The second kappa shape index (κ2) is 7.52. The van der Waals surface area contributed by atoms with Crippen molar-refractivity contribution in [3.8, 4) is 11.4 Å². The molecule has 0 unspecified atom stereocenters. The van der Waals surface area contributed by atoms with E-state index in [0.717, 1.165) is 32.4 Å². The summed E-state index contributed by atoms with van der Waals surface area (Å²) in [6, 6.07) is 25.6. The van der Waals surface area contributed by atoms with Crippen molar-refractivity contribution in [2.24, 2.45) is 0 Å². The molecule has 3 nitrogen and oxygen atoms in total. The van der Waals surface area contributed by atoms with Gasteiger partial charge in [-0.05, 0) is 60.7 Å². The number of benzene rings is 3. The van der Waals surface area contributed by atoms with Crippen LogP contribution in [0.2, 0.25) is 0 Å². The number of pyridine rings is 1. The van der Waals surface area contributed by atoms with Crippen molar-refractivity contribution in [1.29, 1.82) is 0 Å². The smallest absolute Gasteiger partial charge is 0.254 e. The summed E-state index contributed by atoms with van der Waals surface area (Å²) in [7, 11) is 0. The van der Waals surface area contributed by atoms with Crippen LogP contribution >= 0.6 is 15.9 Å². The lowest BCUT2D eigenvalue weighted by Crippen LogP contribution is -3.00. The minimum Gasteiger partial charge on any atom is -1.00 e. The van der Waals surface area contributed by atoms with Gasteiger partial charge in [0.15, 0.2) is 5.52 Å². The number of fused-ring (bicyclic) bond motifs is 5. The molecule has 6 heteroatoms. The SMILES string of the molecule is Fc1ccc(-n2cc3c4c(cc[n+]3c2)c2ccccc2n4-c2ccc(Br)cc2)cc1.[Cl-]. The van der Waals surface area contributed by atoms with Crippen LogP contribution < -0.4 is 16.8 Å². The van der Waals surface area contributed by atoms with Gasteiger partial charge in [0.1, 0.15) is 23.2 Å². The summed E-state index contributed by atoms with van der Waals surface area (Å²) in [6.45, 7) is 0. The molecule has 3 aromatic heterocycles. The van der Waals surface area contributed by atoms with Crippen LogP contribution in [0.4, 0.5) is 4.39 Å². The normalized spacial score (nSPS) is 11.3. The highest BCUT2D eigenvalue weighted by atomic mass is 79.9. The van der Waals surface area contributed by atoms with Crippen molar-refractivity contribution in [1.82, 2.24) is 9.13 Å². The van der Waals surface area contributed by atoms with Crippen molar-refractivity contribution >= 4 is 43.3 Å². The van der Waals surface area contributed by atoms with Gasteiger partial charge in [-0.25, -0.2) is 13.4 Å². The Labute approximate surface area is 192 Å². The number of rotatable bonds is 2. The zero-order valence-electron chi connectivity index (χ0n) is 16.2. The molecule has 6 aromatic rings. The highest BCUT2D eigenvalue weighted by molar-refractivity contribution is 9.10. The predicted molar refractivity (Wildman–Crippen MR) is 121 cm³/mol. The van der Waals surface area contributed by atoms with Crippen molar-refractivity contribution in [2.45, 2.75) is 0 Å². The molecule has 31 heavy (non-hydrogen) atoms. The van der Waals surface area contributed by atoms with E-state index in [2.05, 4.69) is 91.9 Å². The third kappa shape index (κ3) is 3.12. The lowest BCUT2D eigenvalue weighted by atomic mass is 10.2. The maximum atomic E-state index is 13.4. The Morgan fingerprint density at radius 1 is 0.774 bits per heavy atom. The van der Waals surface area contributed by atoms with E-state index < -0.39 is 0 Å². The largest absolute Gasteiger partial charge is 1.00 e. The quantitative estimate of drug-likeness (QED) is 0.330. The Morgan fingerprint density at radius 3 is 2.26 bits per heavy atom. The van der Waals surface area contributed by atoms with Gasteiger partial charge in [0.05, 0.1) is 11.7 Å². The van der Waals surface area contributed by atoms with Crippen LogP contribution in [0, 0.1) is 5.82 Å². The van der Waals surface area contributed by atoms with Crippen LogP contribution in [0.25, 0.3) is 38.7 Å². The van der Waals surface area contributed by atoms with E-state index in [0.29, 0.717) is 0 Å². The van der Waals surface area contributed by atoms with Crippen molar-refractivity contribution < 1.29 is 21.2 Å². The van der Waals surface area contributed by atoms with E-state index in [1.54, 1.807) is 12.1 Å². The molecule has 3 heterocycles. The first-order chi connectivity index (χ1) is 14.7. The predicted octanol–water partition coefficient (Wildman–Crippen LogP) is 3.22. The van der Waals surface area contributed by atoms with Crippen LogP contribution in [-0.4, -0.2) is 9.13 Å². The Bertz CT molecular complexity index is 1550. The molecular formula is C25H16BrClFN3. The van der Waals surface area contributed by atoms with Crippen LogP contribution in [0.5, 0.6) is 0 Å². The second-order valence-electron chi connectivity index (χ2n) is 7.33. The number of nitrogens with zero attached hydrogens (tertiary/aromatic N) is 3. The molecule has 6 rings (SSSR count). The molecule has 0 bridgehead atoms. The summed E-state index contributed by atoms with van der Waals surface area (Å²) >= 11 is 3.54. The van der Waals surface area contributed by atoms with Crippen LogP contribution in [-0.2, 0) is 0 Å². The minimum absolute atomic E-state index is 0. The van der Waals surface area contributed by atoms with Gasteiger partial charge in [-0.3, -0.25) is 0 Å². The fourth-order valence-corrected chi connectivity index (χ4v) is 4.45. The van der Waals surface area contributed by atoms with Crippen molar-refractivity contribution in [3.05, 3.63) is 108 Å². The highest BCUT2D eigenvalue weighted by Gasteiger charge is 2.19. The average molecular weight is 493 g/mol. The van der Waals surface area contributed by atoms with E-state index in [1.165, 1.54) is 22.9 Å². The summed E-state index contributed by atoms with van der Waals surface area (Å²) in [5.74, 6) is -0.235. The fourth-order valence-electron chi connectivity index (χ4n) is 4.18. The van der Waals surface area contributed by atoms with Gasteiger partial charge in [-0.1, -0.05) is 34.1 Å². The summed E-state index contributed by atoms with van der Waals surface area (Å²) < 4.78 is 20.9. The van der Waals surface area contributed by atoms with Gasteiger partial charge in [0.2, 0.25) is 0 Å². The summed E-state index contributed by atoms with van der Waals surface area (Å²) in [5.41, 5.74) is 5.40. The molecule has 0 spiro atoms. The Hall–Kier alpha value is -3.15. The molecule has 0 radical (unpaired) electrons. The highest BCUT2D eigenvalue weighted by Crippen LogP contribution is 2.33. The zero-order valence-corrected chi connectivity index (χ0v) is 18.6. The number of halogens is 3. The lowest BCUT2D eigenvalue weighted by molar-refractivity contribution is -0.510. The first-order valence-electron chi connectivity index (χ1n) is 9.66. The molecular weight excluding hydrogens is 477 g/mol. The molecule has 0 aliphatic rings. The Balaban J connectivity index is 0.00000204. The average Bonchev–Trinajstić information content (AvgIpc) is 3.34. The molecule has 0 N–H and O–H groups in total. The molecule has 152 valence electrons. The molecule has 0 aliphatic carbocycles. The molecule has 3 aromatic carbocycles. The molecule has 0 aliphatic heterocycles. The van der Waals surface area contributed by atoms with Crippen LogP contribution in [0.1, 0.15) is 0 Å². The zero-order chi connectivity index (χ0) is 20.2. The maximum Gasteiger partial charge on any atom is 0.254 e. The standard InChI is InChI=1S/C25H16BrFN3.ClH/c26-17-5-9-20(10-6-17)30-23-4-2-1-3-21(23)22-13-14-28-16-29(15-24(28)25(22)30)19-11-7-18(27)8-12-19;/h1-16H;1H/q+1;/p-1. The van der Waals surface area contributed by atoms with Crippen molar-refractivity contribution in [2.75, 3.05) is 0 Å². The van der Waals surface area contributed by atoms with E-state index in [1.807, 2.05) is 10.9 Å². The summed E-state index contributed by atoms with van der Waals surface area (Å²) in [5, 5.41) is 2.41. The van der Waals surface area contributed by atoms with Gasteiger partial charge in [0, 0.05) is 20.9 Å². The number of hydrogen-bond acceptors (Lipinski definition) is 0. The Kier molecular flexibility index (Phi) is 4.80. The first kappa shape index (κ1) is 19.8. The number of aromatic nitrogens is 3. The molecule has 0 atom stereocenters. The van der Waals surface area contributed by atoms with E-state index in [9.17, 15) is 4.39 Å². The van der Waals surface area contributed by atoms with E-state index in [-0.39, 0.29) is 18.2 Å². The van der Waals surface area contributed by atoms with Crippen LogP contribution in [0.15, 0.2) is 102 Å². The van der Waals surface area contributed by atoms with Gasteiger partial charge in [0.25, 0.3) is 6.33 Å². The second-order valence-corrected chi connectivity index (χ2v) is 8.24. The first-order valence-corrected chi connectivity index (χ1v) is 10.5. The third-order valence-electron chi connectivity index (χ3n) is 5.56. The monoisotopic (exact) mass is 491 g/mol. The van der Waals surface area contributed by atoms with E-state index >= 15 is 0 Å². The molecule has 0 fully saturated rings. The van der Waals surface area contributed by atoms with Gasteiger partial charge < -0.3 is 17.0 Å². The number of imidazole rings is 1. The summed E-state index contributed by atoms with van der Waals surface area (Å²) in [6.07, 6.45) is 6.20. The fraction of sp³-hybridized carbons (Fsp3) is 0. The molecule has 0 amide bonds.